The van der Waals surface area contributed by atoms with Crippen LogP contribution in [0.4, 0.5) is 0 Å². The van der Waals surface area contributed by atoms with E-state index in [-0.39, 0.29) is 0 Å². The maximum absolute atomic E-state index is 5.00. The first-order chi connectivity index (χ1) is 6.74. The van der Waals surface area contributed by atoms with Crippen molar-refractivity contribution in [3.63, 3.8) is 0 Å². The molecule has 0 bridgehead atoms. The van der Waals surface area contributed by atoms with Gasteiger partial charge in [0.05, 0.1) is 6.42 Å². The van der Waals surface area contributed by atoms with Gasteiger partial charge in [-0.2, -0.15) is 4.98 Å². The molecule has 4 heteroatoms. The number of hydrogen-bond donors (Lipinski definition) is 0. The molecule has 0 unspecified atom stereocenters. The van der Waals surface area contributed by atoms with Gasteiger partial charge in [0.1, 0.15) is 0 Å². The number of benzene rings is 1. The molecule has 1 aromatic carbocycles. The van der Waals surface area contributed by atoms with Gasteiger partial charge in [-0.3, -0.25) is 0 Å². The molecule has 0 spiro atoms. The van der Waals surface area contributed by atoms with E-state index in [9.17, 15) is 0 Å². The minimum absolute atomic E-state index is 0.500. The second-order valence-corrected chi connectivity index (χ2v) is 3.83. The van der Waals surface area contributed by atoms with Crippen LogP contribution in [-0.2, 0) is 6.42 Å². The van der Waals surface area contributed by atoms with Gasteiger partial charge >= 0.3 is 0 Å². The van der Waals surface area contributed by atoms with Crippen LogP contribution in [0.15, 0.2) is 33.5 Å². The van der Waals surface area contributed by atoms with Gasteiger partial charge in [0.15, 0.2) is 0 Å². The van der Waals surface area contributed by atoms with Crippen LogP contribution in [0.5, 0.6) is 0 Å². The summed E-state index contributed by atoms with van der Waals surface area (Å²) in [5.74, 6) is 0.627. The van der Waals surface area contributed by atoms with Crippen LogP contribution in [0.1, 0.15) is 17.0 Å². The molecule has 0 saturated carbocycles. The van der Waals surface area contributed by atoms with Crippen molar-refractivity contribution in [2.45, 2.75) is 13.3 Å². The van der Waals surface area contributed by atoms with Crippen molar-refractivity contribution in [2.75, 3.05) is 0 Å². The van der Waals surface area contributed by atoms with Gasteiger partial charge in [-0.25, -0.2) is 0 Å². The summed E-state index contributed by atoms with van der Waals surface area (Å²) in [7, 11) is 0. The molecule has 1 heterocycles. The molecule has 0 aliphatic heterocycles. The molecule has 0 saturated heterocycles. The molecule has 0 aliphatic rings. The highest BCUT2D eigenvalue weighted by atomic mass is 79.9. The van der Waals surface area contributed by atoms with Gasteiger partial charge < -0.3 is 4.52 Å². The monoisotopic (exact) mass is 252 g/mol. The lowest BCUT2D eigenvalue weighted by atomic mass is 10.1. The largest absolute Gasteiger partial charge is 0.338 e. The van der Waals surface area contributed by atoms with Gasteiger partial charge in [0, 0.05) is 0 Å². The molecule has 0 radical (unpaired) electrons. The highest BCUT2D eigenvalue weighted by molar-refractivity contribution is 9.10. The first-order valence-electron chi connectivity index (χ1n) is 4.27. The van der Waals surface area contributed by atoms with Gasteiger partial charge in [-0.05, 0) is 33.6 Å². The van der Waals surface area contributed by atoms with E-state index in [2.05, 4.69) is 45.1 Å². The molecule has 2 rings (SSSR count). The van der Waals surface area contributed by atoms with Gasteiger partial charge in [-0.15, -0.1) is 0 Å². The quantitative estimate of drug-likeness (QED) is 0.825. The number of aryl methyl sites for hydroxylation is 1. The lowest BCUT2D eigenvalue weighted by Crippen LogP contribution is -1.88. The summed E-state index contributed by atoms with van der Waals surface area (Å²) in [6, 6.07) is 8.24. The molecular formula is C10H9BrN2O. The van der Waals surface area contributed by atoms with Crippen LogP contribution >= 0.6 is 15.9 Å². The third kappa shape index (κ3) is 2.20. The minimum Gasteiger partial charge on any atom is -0.338 e. The van der Waals surface area contributed by atoms with Crippen LogP contribution < -0.4 is 0 Å². The number of rotatable bonds is 2. The number of hydrogen-bond acceptors (Lipinski definition) is 3. The summed E-state index contributed by atoms with van der Waals surface area (Å²) in [5, 5.41) is 3.67. The highest BCUT2D eigenvalue weighted by Crippen LogP contribution is 2.11. The molecule has 2 aromatic rings. The molecule has 14 heavy (non-hydrogen) atoms. The fraction of sp³-hybridized carbons (Fsp3) is 0.200. The standard InChI is InChI=1S/C10H9BrN2O/c1-7-3-2-4-8(5-7)6-9-12-10(11)13-14-9/h2-5H,6H2,1H3. The van der Waals surface area contributed by atoms with E-state index in [4.69, 9.17) is 4.52 Å². The predicted molar refractivity (Wildman–Crippen MR) is 56.0 cm³/mol. The summed E-state index contributed by atoms with van der Waals surface area (Å²) in [6.07, 6.45) is 0.681. The normalized spacial score (nSPS) is 10.4. The van der Waals surface area contributed by atoms with E-state index in [0.29, 0.717) is 17.0 Å². The first-order valence-corrected chi connectivity index (χ1v) is 5.07. The maximum Gasteiger partial charge on any atom is 0.238 e. The third-order valence-corrected chi connectivity index (χ3v) is 2.20. The molecule has 3 nitrogen and oxygen atoms in total. The Bertz CT molecular complexity index is 439. The molecule has 72 valence electrons. The smallest absolute Gasteiger partial charge is 0.238 e. The molecule has 0 atom stereocenters. The average Bonchev–Trinajstić information content (AvgIpc) is 2.51. The molecule has 0 amide bonds. The predicted octanol–water partition coefficient (Wildman–Crippen LogP) is 2.73. The summed E-state index contributed by atoms with van der Waals surface area (Å²) >= 11 is 3.14. The Morgan fingerprint density at radius 3 is 2.93 bits per heavy atom. The Morgan fingerprint density at radius 1 is 1.43 bits per heavy atom. The second kappa shape index (κ2) is 3.92. The van der Waals surface area contributed by atoms with E-state index < -0.39 is 0 Å². The fourth-order valence-corrected chi connectivity index (χ4v) is 1.57. The van der Waals surface area contributed by atoms with E-state index in [0.717, 1.165) is 0 Å². The van der Waals surface area contributed by atoms with Crippen LogP contribution in [-0.4, -0.2) is 10.1 Å². The Morgan fingerprint density at radius 2 is 2.29 bits per heavy atom. The molecular weight excluding hydrogens is 244 g/mol. The fourth-order valence-electron chi connectivity index (χ4n) is 1.30. The first kappa shape index (κ1) is 9.40. The van der Waals surface area contributed by atoms with E-state index in [1.807, 2.05) is 12.1 Å². The van der Waals surface area contributed by atoms with Gasteiger partial charge in [0.25, 0.3) is 0 Å². The zero-order chi connectivity index (χ0) is 9.97. The Kier molecular flexibility index (Phi) is 2.63. The van der Waals surface area contributed by atoms with E-state index in [1.54, 1.807) is 0 Å². The molecule has 0 N–H and O–H groups in total. The van der Waals surface area contributed by atoms with Crippen molar-refractivity contribution in [1.29, 1.82) is 0 Å². The van der Waals surface area contributed by atoms with Crippen LogP contribution in [0.2, 0.25) is 0 Å². The highest BCUT2D eigenvalue weighted by Gasteiger charge is 2.04. The molecule has 1 aromatic heterocycles. The van der Waals surface area contributed by atoms with E-state index in [1.165, 1.54) is 11.1 Å². The SMILES string of the molecule is Cc1cccc(Cc2nc(Br)no2)c1. The zero-order valence-corrected chi connectivity index (χ0v) is 9.28. The maximum atomic E-state index is 5.00. The van der Waals surface area contributed by atoms with Crippen molar-refractivity contribution in [3.05, 3.63) is 46.0 Å². The van der Waals surface area contributed by atoms with Crippen LogP contribution in [0.25, 0.3) is 0 Å². The van der Waals surface area contributed by atoms with Crippen molar-refractivity contribution in [1.82, 2.24) is 10.1 Å². The molecule has 0 aliphatic carbocycles. The Balaban J connectivity index is 2.18. The summed E-state index contributed by atoms with van der Waals surface area (Å²) in [6.45, 7) is 2.06. The topological polar surface area (TPSA) is 38.9 Å². The second-order valence-electron chi connectivity index (χ2n) is 3.12. The zero-order valence-electron chi connectivity index (χ0n) is 7.70. The number of nitrogens with zero attached hydrogens (tertiary/aromatic N) is 2. The summed E-state index contributed by atoms with van der Waals surface area (Å²) < 4.78 is 5.50. The number of aromatic nitrogens is 2. The summed E-state index contributed by atoms with van der Waals surface area (Å²) in [5.41, 5.74) is 2.42. The lowest BCUT2D eigenvalue weighted by molar-refractivity contribution is 0.381. The van der Waals surface area contributed by atoms with Crippen LogP contribution in [0.3, 0.4) is 0 Å². The summed E-state index contributed by atoms with van der Waals surface area (Å²) in [4.78, 5) is 4.07. The third-order valence-electron chi connectivity index (χ3n) is 1.88. The Labute approximate surface area is 90.3 Å². The Hall–Kier alpha value is -1.16. The van der Waals surface area contributed by atoms with Crippen LogP contribution in [0, 0.1) is 6.92 Å². The number of halogens is 1. The van der Waals surface area contributed by atoms with Crippen molar-refractivity contribution in [2.24, 2.45) is 0 Å². The van der Waals surface area contributed by atoms with Gasteiger partial charge in [0.2, 0.25) is 10.6 Å². The molecule has 0 fully saturated rings. The average molecular weight is 253 g/mol. The lowest BCUT2D eigenvalue weighted by Gasteiger charge is -1.97. The van der Waals surface area contributed by atoms with Crippen molar-refractivity contribution >= 4 is 15.9 Å². The van der Waals surface area contributed by atoms with Crippen molar-refractivity contribution in [3.8, 4) is 0 Å². The van der Waals surface area contributed by atoms with Crippen molar-refractivity contribution < 1.29 is 4.52 Å². The van der Waals surface area contributed by atoms with Gasteiger partial charge in [-0.1, -0.05) is 29.8 Å². The minimum atomic E-state index is 0.500. The van der Waals surface area contributed by atoms with E-state index >= 15 is 0 Å².